The molecule has 0 bridgehead atoms. The summed E-state index contributed by atoms with van der Waals surface area (Å²) in [5.41, 5.74) is 11.2. The molecule has 0 aliphatic carbocycles. The van der Waals surface area contributed by atoms with E-state index < -0.39 is 11.6 Å². The lowest BCUT2D eigenvalue weighted by atomic mass is 9.99. The SMILES string of the molecule is NCC(CN)Cc1cccc(F)c1F. The van der Waals surface area contributed by atoms with E-state index in [1.165, 1.54) is 6.07 Å². The molecule has 0 atom stereocenters. The first-order chi connectivity index (χ1) is 6.69. The quantitative estimate of drug-likeness (QED) is 0.763. The minimum atomic E-state index is -0.824. The van der Waals surface area contributed by atoms with Crippen LogP contribution in [0.4, 0.5) is 8.78 Å². The van der Waals surface area contributed by atoms with Gasteiger partial charge in [0.2, 0.25) is 0 Å². The van der Waals surface area contributed by atoms with Gasteiger partial charge in [-0.2, -0.15) is 0 Å². The predicted molar refractivity (Wildman–Crippen MR) is 51.7 cm³/mol. The van der Waals surface area contributed by atoms with Crippen LogP contribution in [0.1, 0.15) is 5.56 Å². The first-order valence-corrected chi connectivity index (χ1v) is 4.52. The molecule has 4 N–H and O–H groups in total. The van der Waals surface area contributed by atoms with E-state index in [2.05, 4.69) is 0 Å². The largest absolute Gasteiger partial charge is 0.330 e. The Kier molecular flexibility index (Phi) is 3.98. The molecule has 2 nitrogen and oxygen atoms in total. The molecular formula is C10H14F2N2. The Hall–Kier alpha value is -1.00. The zero-order chi connectivity index (χ0) is 10.6. The number of hydrogen-bond donors (Lipinski definition) is 2. The van der Waals surface area contributed by atoms with Gasteiger partial charge in [0.1, 0.15) is 0 Å². The van der Waals surface area contributed by atoms with E-state index in [9.17, 15) is 8.78 Å². The molecule has 0 unspecified atom stereocenters. The van der Waals surface area contributed by atoms with E-state index >= 15 is 0 Å². The zero-order valence-electron chi connectivity index (χ0n) is 7.84. The van der Waals surface area contributed by atoms with Crippen LogP contribution < -0.4 is 11.5 Å². The van der Waals surface area contributed by atoms with Crippen LogP contribution in [0.5, 0.6) is 0 Å². The Labute approximate surface area is 81.9 Å². The summed E-state index contributed by atoms with van der Waals surface area (Å²) in [4.78, 5) is 0. The van der Waals surface area contributed by atoms with E-state index in [4.69, 9.17) is 11.5 Å². The second-order valence-electron chi connectivity index (χ2n) is 3.25. The third-order valence-corrected chi connectivity index (χ3v) is 2.21. The molecule has 0 fully saturated rings. The number of benzene rings is 1. The van der Waals surface area contributed by atoms with Crippen molar-refractivity contribution in [1.82, 2.24) is 0 Å². The first kappa shape index (κ1) is 11.1. The number of halogens is 2. The lowest BCUT2D eigenvalue weighted by Gasteiger charge is -2.12. The van der Waals surface area contributed by atoms with Gasteiger partial charge in [0.25, 0.3) is 0 Å². The minimum Gasteiger partial charge on any atom is -0.330 e. The van der Waals surface area contributed by atoms with Crippen molar-refractivity contribution in [1.29, 1.82) is 0 Å². The van der Waals surface area contributed by atoms with Gasteiger partial charge in [-0.1, -0.05) is 12.1 Å². The molecule has 4 heteroatoms. The second kappa shape index (κ2) is 5.02. The topological polar surface area (TPSA) is 52.0 Å². The maximum atomic E-state index is 13.2. The number of nitrogens with two attached hydrogens (primary N) is 2. The molecule has 78 valence electrons. The lowest BCUT2D eigenvalue weighted by Crippen LogP contribution is -2.25. The van der Waals surface area contributed by atoms with E-state index in [1.54, 1.807) is 6.07 Å². The molecule has 0 aliphatic heterocycles. The van der Waals surface area contributed by atoms with Crippen LogP contribution in [-0.2, 0) is 6.42 Å². The van der Waals surface area contributed by atoms with E-state index in [0.717, 1.165) is 6.07 Å². The van der Waals surface area contributed by atoms with Crippen molar-refractivity contribution in [2.75, 3.05) is 13.1 Å². The summed E-state index contributed by atoms with van der Waals surface area (Å²) in [7, 11) is 0. The average Bonchev–Trinajstić information content (AvgIpc) is 2.20. The van der Waals surface area contributed by atoms with Crippen LogP contribution >= 0.6 is 0 Å². The van der Waals surface area contributed by atoms with Crippen LogP contribution in [0, 0.1) is 17.6 Å². The number of rotatable bonds is 4. The van der Waals surface area contributed by atoms with Crippen molar-refractivity contribution in [2.24, 2.45) is 17.4 Å². The maximum Gasteiger partial charge on any atom is 0.162 e. The van der Waals surface area contributed by atoms with Gasteiger partial charge in [0.05, 0.1) is 0 Å². The summed E-state index contributed by atoms with van der Waals surface area (Å²) in [6.07, 6.45) is 0.386. The zero-order valence-corrected chi connectivity index (χ0v) is 7.84. The van der Waals surface area contributed by atoms with Gasteiger partial charge >= 0.3 is 0 Å². The second-order valence-corrected chi connectivity index (χ2v) is 3.25. The monoisotopic (exact) mass is 200 g/mol. The standard InChI is InChI=1S/C10H14F2N2/c11-9-3-1-2-8(10(9)12)4-7(5-13)6-14/h1-3,7H,4-6,13-14H2. The summed E-state index contributed by atoms with van der Waals surface area (Å²) in [5, 5.41) is 0. The molecule has 0 heterocycles. The Morgan fingerprint density at radius 3 is 2.36 bits per heavy atom. The van der Waals surface area contributed by atoms with Gasteiger partial charge in [-0.05, 0) is 37.1 Å². The first-order valence-electron chi connectivity index (χ1n) is 4.52. The van der Waals surface area contributed by atoms with Crippen LogP contribution in [0.25, 0.3) is 0 Å². The van der Waals surface area contributed by atoms with E-state index in [-0.39, 0.29) is 5.92 Å². The highest BCUT2D eigenvalue weighted by Gasteiger charge is 2.11. The highest BCUT2D eigenvalue weighted by atomic mass is 19.2. The Morgan fingerprint density at radius 2 is 1.79 bits per heavy atom. The van der Waals surface area contributed by atoms with Crippen molar-refractivity contribution in [3.63, 3.8) is 0 Å². The fourth-order valence-corrected chi connectivity index (χ4v) is 1.28. The van der Waals surface area contributed by atoms with Crippen molar-refractivity contribution in [3.05, 3.63) is 35.4 Å². The Balaban J connectivity index is 2.80. The predicted octanol–water partition coefficient (Wildman–Crippen LogP) is 1.04. The van der Waals surface area contributed by atoms with Crippen molar-refractivity contribution in [2.45, 2.75) is 6.42 Å². The van der Waals surface area contributed by atoms with Crippen molar-refractivity contribution < 1.29 is 8.78 Å². The van der Waals surface area contributed by atoms with Crippen LogP contribution in [-0.4, -0.2) is 13.1 Å². The van der Waals surface area contributed by atoms with Crippen LogP contribution in [0.3, 0.4) is 0 Å². The van der Waals surface area contributed by atoms with Gasteiger partial charge < -0.3 is 11.5 Å². The van der Waals surface area contributed by atoms with Gasteiger partial charge in [-0.25, -0.2) is 8.78 Å². The van der Waals surface area contributed by atoms with E-state index in [0.29, 0.717) is 25.1 Å². The number of hydrogen-bond acceptors (Lipinski definition) is 2. The smallest absolute Gasteiger partial charge is 0.162 e. The highest BCUT2D eigenvalue weighted by Crippen LogP contribution is 2.14. The Morgan fingerprint density at radius 1 is 1.14 bits per heavy atom. The molecule has 0 aliphatic rings. The summed E-state index contributed by atoms with van der Waals surface area (Å²) < 4.78 is 26.0. The van der Waals surface area contributed by atoms with E-state index in [1.807, 2.05) is 0 Å². The fourth-order valence-electron chi connectivity index (χ4n) is 1.28. The molecule has 0 amide bonds. The molecule has 0 saturated carbocycles. The van der Waals surface area contributed by atoms with Gasteiger partial charge in [-0.15, -0.1) is 0 Å². The van der Waals surface area contributed by atoms with Crippen molar-refractivity contribution >= 4 is 0 Å². The Bertz CT molecular complexity index is 298. The summed E-state index contributed by atoms with van der Waals surface area (Å²) in [5.74, 6) is -1.61. The van der Waals surface area contributed by atoms with Crippen LogP contribution in [0.15, 0.2) is 18.2 Å². The normalized spacial score (nSPS) is 10.9. The summed E-state index contributed by atoms with van der Waals surface area (Å²) in [6, 6.07) is 4.13. The molecule has 0 radical (unpaired) electrons. The molecule has 1 rings (SSSR count). The highest BCUT2D eigenvalue weighted by molar-refractivity contribution is 5.19. The summed E-state index contributed by atoms with van der Waals surface area (Å²) in [6.45, 7) is 0.763. The van der Waals surface area contributed by atoms with Crippen molar-refractivity contribution in [3.8, 4) is 0 Å². The molecule has 0 saturated heterocycles. The molecule has 0 spiro atoms. The van der Waals surface area contributed by atoms with Crippen LogP contribution in [0.2, 0.25) is 0 Å². The molecule has 1 aromatic rings. The third-order valence-electron chi connectivity index (χ3n) is 2.21. The molecule has 1 aromatic carbocycles. The molecule has 14 heavy (non-hydrogen) atoms. The van der Waals surface area contributed by atoms with Gasteiger partial charge in [0, 0.05) is 0 Å². The summed E-state index contributed by atoms with van der Waals surface area (Å²) >= 11 is 0. The molecular weight excluding hydrogens is 186 g/mol. The molecule has 0 aromatic heterocycles. The fraction of sp³-hybridized carbons (Fsp3) is 0.400. The average molecular weight is 200 g/mol. The van der Waals surface area contributed by atoms with Gasteiger partial charge in [0.15, 0.2) is 11.6 Å². The minimum absolute atomic E-state index is 0.00583. The lowest BCUT2D eigenvalue weighted by molar-refractivity contribution is 0.478. The van der Waals surface area contributed by atoms with Gasteiger partial charge in [-0.3, -0.25) is 0 Å². The maximum absolute atomic E-state index is 13.2. The third kappa shape index (κ3) is 2.49.